The molecule has 1 aromatic heterocycles. The Hall–Kier alpha value is -2.42. The fourth-order valence-corrected chi connectivity index (χ4v) is 4.60. The van der Waals surface area contributed by atoms with E-state index < -0.39 is 5.60 Å². The maximum Gasteiger partial charge on any atom is 0.238 e. The average Bonchev–Trinajstić information content (AvgIpc) is 3.25. The molecule has 35 heavy (non-hydrogen) atoms. The van der Waals surface area contributed by atoms with Crippen LogP contribution in [-0.2, 0) is 16.0 Å². The van der Waals surface area contributed by atoms with Crippen LogP contribution in [0, 0.1) is 11.8 Å². The SMILES string of the molecule is CC(C(=O)NCC1COC1)c1ccc(CC2CCN(c3ncnc(OCC(C)(C)O)c3Cl)C2)cc1. The highest BCUT2D eigenvalue weighted by Crippen LogP contribution is 2.34. The van der Waals surface area contributed by atoms with Crippen LogP contribution in [0.25, 0.3) is 0 Å². The van der Waals surface area contributed by atoms with Gasteiger partial charge in [0.05, 0.1) is 24.7 Å². The van der Waals surface area contributed by atoms with Crippen molar-refractivity contribution in [2.75, 3.05) is 44.4 Å². The molecule has 2 aliphatic rings. The Morgan fingerprint density at radius 2 is 2.03 bits per heavy atom. The number of carbonyl (C=O) groups excluding carboxylic acids is 1. The van der Waals surface area contributed by atoms with Gasteiger partial charge in [0, 0.05) is 25.6 Å². The lowest BCUT2D eigenvalue weighted by Gasteiger charge is -2.26. The van der Waals surface area contributed by atoms with Crippen molar-refractivity contribution in [3.63, 3.8) is 0 Å². The van der Waals surface area contributed by atoms with Crippen LogP contribution < -0.4 is 15.0 Å². The highest BCUT2D eigenvalue weighted by molar-refractivity contribution is 6.34. The van der Waals surface area contributed by atoms with Gasteiger partial charge in [-0.3, -0.25) is 4.79 Å². The van der Waals surface area contributed by atoms with Crippen LogP contribution in [0.1, 0.15) is 44.2 Å². The van der Waals surface area contributed by atoms with Gasteiger partial charge in [0.25, 0.3) is 0 Å². The zero-order valence-electron chi connectivity index (χ0n) is 20.7. The predicted molar refractivity (Wildman–Crippen MR) is 135 cm³/mol. The van der Waals surface area contributed by atoms with Gasteiger partial charge in [-0.1, -0.05) is 35.9 Å². The fraction of sp³-hybridized carbons (Fsp3) is 0.577. The lowest BCUT2D eigenvalue weighted by molar-refractivity contribution is -0.123. The van der Waals surface area contributed by atoms with E-state index in [0.29, 0.717) is 29.2 Å². The summed E-state index contributed by atoms with van der Waals surface area (Å²) in [5, 5.41) is 13.3. The minimum atomic E-state index is -0.976. The number of ether oxygens (including phenoxy) is 2. The summed E-state index contributed by atoms with van der Waals surface area (Å²) in [7, 11) is 0. The predicted octanol–water partition coefficient (Wildman–Crippen LogP) is 3.21. The number of amides is 1. The largest absolute Gasteiger partial charge is 0.473 e. The zero-order chi connectivity index (χ0) is 25.0. The number of nitrogens with zero attached hydrogens (tertiary/aromatic N) is 3. The number of hydrogen-bond donors (Lipinski definition) is 2. The van der Waals surface area contributed by atoms with Crippen molar-refractivity contribution >= 4 is 23.3 Å². The number of halogens is 1. The van der Waals surface area contributed by atoms with Crippen LogP contribution >= 0.6 is 11.6 Å². The second-order valence-electron chi connectivity index (χ2n) is 10.3. The lowest BCUT2D eigenvalue weighted by atomic mass is 9.94. The molecule has 1 aromatic carbocycles. The quantitative estimate of drug-likeness (QED) is 0.515. The monoisotopic (exact) mass is 502 g/mol. The third-order valence-electron chi connectivity index (χ3n) is 6.56. The van der Waals surface area contributed by atoms with Gasteiger partial charge >= 0.3 is 0 Å². The average molecular weight is 503 g/mol. The molecule has 1 amide bonds. The molecule has 190 valence electrons. The first-order valence-electron chi connectivity index (χ1n) is 12.2. The summed E-state index contributed by atoms with van der Waals surface area (Å²) >= 11 is 6.54. The van der Waals surface area contributed by atoms with E-state index in [9.17, 15) is 9.90 Å². The fourth-order valence-electron chi connectivity index (χ4n) is 4.33. The molecule has 2 atom stereocenters. The van der Waals surface area contributed by atoms with Gasteiger partial charge in [-0.2, -0.15) is 0 Å². The Morgan fingerprint density at radius 3 is 2.69 bits per heavy atom. The van der Waals surface area contributed by atoms with E-state index in [1.807, 2.05) is 6.92 Å². The Kier molecular flexibility index (Phi) is 8.14. The maximum absolute atomic E-state index is 12.5. The number of nitrogens with one attached hydrogen (secondary N) is 1. The van der Waals surface area contributed by atoms with Crippen molar-refractivity contribution in [1.29, 1.82) is 0 Å². The molecule has 0 aliphatic carbocycles. The minimum Gasteiger partial charge on any atom is -0.473 e. The van der Waals surface area contributed by atoms with Gasteiger partial charge in [0.15, 0.2) is 5.82 Å². The Bertz CT molecular complexity index is 1010. The number of aromatic nitrogens is 2. The second-order valence-corrected chi connectivity index (χ2v) is 10.7. The molecule has 0 saturated carbocycles. The molecule has 0 bridgehead atoms. The van der Waals surface area contributed by atoms with Crippen molar-refractivity contribution in [3.8, 4) is 5.88 Å². The van der Waals surface area contributed by atoms with E-state index >= 15 is 0 Å². The van der Waals surface area contributed by atoms with Crippen molar-refractivity contribution in [1.82, 2.24) is 15.3 Å². The summed E-state index contributed by atoms with van der Waals surface area (Å²) in [4.78, 5) is 23.1. The highest BCUT2D eigenvalue weighted by atomic mass is 35.5. The molecule has 8 nitrogen and oxygen atoms in total. The second kappa shape index (κ2) is 11.1. The van der Waals surface area contributed by atoms with Crippen LogP contribution in [0.4, 0.5) is 5.82 Å². The molecule has 3 heterocycles. The highest BCUT2D eigenvalue weighted by Gasteiger charge is 2.27. The van der Waals surface area contributed by atoms with E-state index in [4.69, 9.17) is 21.1 Å². The van der Waals surface area contributed by atoms with Gasteiger partial charge in [0.1, 0.15) is 18.0 Å². The molecule has 2 N–H and O–H groups in total. The first-order valence-corrected chi connectivity index (χ1v) is 12.6. The number of anilines is 1. The molecule has 0 radical (unpaired) electrons. The summed E-state index contributed by atoms with van der Waals surface area (Å²) in [6, 6.07) is 8.38. The van der Waals surface area contributed by atoms with E-state index in [1.165, 1.54) is 11.9 Å². The molecular formula is C26H35ClN4O4. The number of carbonyl (C=O) groups is 1. The van der Waals surface area contributed by atoms with Crippen molar-refractivity contribution in [2.45, 2.75) is 45.1 Å². The molecule has 0 spiro atoms. The van der Waals surface area contributed by atoms with Gasteiger partial charge in [-0.05, 0) is 50.7 Å². The van der Waals surface area contributed by atoms with Crippen LogP contribution in [0.2, 0.25) is 5.02 Å². The Labute approximate surface area is 212 Å². The molecule has 2 unspecified atom stereocenters. The minimum absolute atomic E-state index is 0.0590. The van der Waals surface area contributed by atoms with Crippen molar-refractivity contribution < 1.29 is 19.4 Å². The molecule has 2 saturated heterocycles. The van der Waals surface area contributed by atoms with Crippen LogP contribution in [0.5, 0.6) is 5.88 Å². The molecule has 2 aromatic rings. The van der Waals surface area contributed by atoms with Gasteiger partial charge in [0.2, 0.25) is 11.8 Å². The molecule has 2 fully saturated rings. The molecule has 4 rings (SSSR count). The third kappa shape index (κ3) is 6.84. The summed E-state index contributed by atoms with van der Waals surface area (Å²) < 4.78 is 10.8. The number of hydrogen-bond acceptors (Lipinski definition) is 7. The number of rotatable bonds is 10. The maximum atomic E-state index is 12.5. The summed E-state index contributed by atoms with van der Waals surface area (Å²) in [5.41, 5.74) is 1.30. The van der Waals surface area contributed by atoms with Crippen LogP contribution in [0.3, 0.4) is 0 Å². The van der Waals surface area contributed by atoms with Crippen LogP contribution in [-0.4, -0.2) is 66.0 Å². The van der Waals surface area contributed by atoms with E-state index in [0.717, 1.165) is 44.7 Å². The smallest absolute Gasteiger partial charge is 0.238 e. The van der Waals surface area contributed by atoms with Gasteiger partial charge < -0.3 is 24.8 Å². The first-order chi connectivity index (χ1) is 16.7. The summed E-state index contributed by atoms with van der Waals surface area (Å²) in [5.74, 6) is 1.75. The molecule has 2 aliphatic heterocycles. The molecule has 9 heteroatoms. The van der Waals surface area contributed by atoms with E-state index in [-0.39, 0.29) is 24.3 Å². The van der Waals surface area contributed by atoms with Crippen molar-refractivity contribution in [2.24, 2.45) is 11.8 Å². The van der Waals surface area contributed by atoms with Crippen molar-refractivity contribution in [3.05, 3.63) is 46.7 Å². The standard InChI is InChI=1S/C26H35ClN4O4/c1-17(24(32)28-11-20-13-34-14-20)21-6-4-18(5-7-21)10-19-8-9-31(12-19)23-22(27)25(30-16-29-23)35-15-26(2,3)33/h4-7,16-17,19-20,33H,8-15H2,1-3H3,(H,28,32). The summed E-state index contributed by atoms with van der Waals surface area (Å²) in [6.07, 6.45) is 3.43. The Balaban J connectivity index is 1.30. The topological polar surface area (TPSA) is 96.8 Å². The van der Waals surface area contributed by atoms with Crippen LogP contribution in [0.15, 0.2) is 30.6 Å². The Morgan fingerprint density at radius 1 is 1.29 bits per heavy atom. The molecular weight excluding hydrogens is 468 g/mol. The summed E-state index contributed by atoms with van der Waals surface area (Å²) in [6.45, 7) is 9.23. The first kappa shape index (κ1) is 25.7. The number of benzene rings is 1. The van der Waals surface area contributed by atoms with Gasteiger partial charge in [-0.15, -0.1) is 0 Å². The number of aliphatic hydroxyl groups is 1. The lowest BCUT2D eigenvalue weighted by Crippen LogP contribution is -2.40. The van der Waals surface area contributed by atoms with E-state index in [1.54, 1.807) is 13.8 Å². The van der Waals surface area contributed by atoms with Gasteiger partial charge in [-0.25, -0.2) is 9.97 Å². The normalized spacial score (nSPS) is 19.3. The van der Waals surface area contributed by atoms with E-state index in [2.05, 4.69) is 44.5 Å². The zero-order valence-corrected chi connectivity index (χ0v) is 21.4. The third-order valence-corrected chi connectivity index (χ3v) is 6.89.